The molecular formula is C19H14N2O4S3. The summed E-state index contributed by atoms with van der Waals surface area (Å²) >= 11 is 2.99. The maximum atomic E-state index is 12.4. The Morgan fingerprint density at radius 3 is 2.25 bits per heavy atom. The predicted molar refractivity (Wildman–Crippen MR) is 112 cm³/mol. The Labute approximate surface area is 168 Å². The number of sulfone groups is 1. The van der Waals surface area contributed by atoms with Gasteiger partial charge in [-0.2, -0.15) is 0 Å². The van der Waals surface area contributed by atoms with Crippen molar-refractivity contribution in [2.24, 2.45) is 0 Å². The van der Waals surface area contributed by atoms with Crippen molar-refractivity contribution in [1.29, 1.82) is 0 Å². The molecule has 0 unspecified atom stereocenters. The van der Waals surface area contributed by atoms with Crippen LogP contribution in [0.25, 0.3) is 19.5 Å². The van der Waals surface area contributed by atoms with E-state index in [-0.39, 0.29) is 10.5 Å². The van der Waals surface area contributed by atoms with E-state index in [1.165, 1.54) is 40.3 Å². The summed E-state index contributed by atoms with van der Waals surface area (Å²) in [7, 11) is -3.33. The Morgan fingerprint density at radius 1 is 0.857 bits per heavy atom. The van der Waals surface area contributed by atoms with Gasteiger partial charge in [0.2, 0.25) is 0 Å². The lowest BCUT2D eigenvalue weighted by atomic mass is 10.2. The van der Waals surface area contributed by atoms with Crippen LogP contribution in [-0.2, 0) is 9.84 Å². The minimum absolute atomic E-state index is 0.124. The van der Waals surface area contributed by atoms with Crippen LogP contribution >= 0.6 is 22.7 Å². The molecule has 142 valence electrons. The van der Waals surface area contributed by atoms with Crippen LogP contribution in [-0.4, -0.2) is 26.5 Å². The third kappa shape index (κ3) is 3.51. The van der Waals surface area contributed by atoms with Crippen molar-refractivity contribution in [2.45, 2.75) is 4.90 Å². The van der Waals surface area contributed by atoms with Gasteiger partial charge in [0.1, 0.15) is 0 Å². The molecule has 2 aromatic carbocycles. The maximum absolute atomic E-state index is 12.4. The first-order valence-corrected chi connectivity index (χ1v) is 11.7. The lowest BCUT2D eigenvalue weighted by Gasteiger charge is -2.06. The molecule has 0 bridgehead atoms. The van der Waals surface area contributed by atoms with Crippen molar-refractivity contribution in [3.05, 3.63) is 65.0 Å². The quantitative estimate of drug-likeness (QED) is 0.486. The summed E-state index contributed by atoms with van der Waals surface area (Å²) in [6.45, 7) is 0. The highest BCUT2D eigenvalue weighted by Gasteiger charge is 2.15. The highest BCUT2D eigenvalue weighted by atomic mass is 32.2. The Bertz CT molecular complexity index is 1320. The largest absolute Gasteiger partial charge is 0.279 e. The minimum Gasteiger partial charge on any atom is -0.267 e. The lowest BCUT2D eigenvalue weighted by Crippen LogP contribution is -2.41. The van der Waals surface area contributed by atoms with Crippen LogP contribution in [0.5, 0.6) is 0 Å². The number of carbonyl (C=O) groups excluding carboxylic acids is 2. The SMILES string of the molecule is CS(=O)(=O)c1ccc(C(=O)NNC(=O)c2cc3sc4ccccc4c3s2)cc1. The number of hydrogen-bond acceptors (Lipinski definition) is 6. The molecule has 28 heavy (non-hydrogen) atoms. The number of rotatable bonds is 3. The molecule has 0 saturated heterocycles. The van der Waals surface area contributed by atoms with Gasteiger partial charge in [-0.1, -0.05) is 18.2 Å². The average molecular weight is 431 g/mol. The normalized spacial score (nSPS) is 11.6. The molecule has 4 aromatic rings. The first-order valence-electron chi connectivity index (χ1n) is 8.15. The van der Waals surface area contributed by atoms with E-state index in [1.807, 2.05) is 30.3 Å². The van der Waals surface area contributed by atoms with E-state index < -0.39 is 21.7 Å². The van der Waals surface area contributed by atoms with Crippen LogP contribution in [0.4, 0.5) is 0 Å². The van der Waals surface area contributed by atoms with E-state index in [1.54, 1.807) is 11.3 Å². The number of fused-ring (bicyclic) bond motifs is 3. The summed E-state index contributed by atoms with van der Waals surface area (Å²) in [5.74, 6) is -0.934. The van der Waals surface area contributed by atoms with Gasteiger partial charge in [0.25, 0.3) is 11.8 Å². The second-order valence-electron chi connectivity index (χ2n) is 6.11. The first-order chi connectivity index (χ1) is 13.3. The minimum atomic E-state index is -3.33. The van der Waals surface area contributed by atoms with E-state index in [9.17, 15) is 18.0 Å². The fourth-order valence-corrected chi connectivity index (χ4v) is 5.76. The topological polar surface area (TPSA) is 92.3 Å². The fraction of sp³-hybridized carbons (Fsp3) is 0.0526. The summed E-state index contributed by atoms with van der Waals surface area (Å²) < 4.78 is 26.2. The molecule has 0 spiro atoms. The van der Waals surface area contributed by atoms with Gasteiger partial charge in [-0.3, -0.25) is 20.4 Å². The summed E-state index contributed by atoms with van der Waals surface area (Å²) in [4.78, 5) is 25.2. The molecule has 0 aliphatic rings. The van der Waals surface area contributed by atoms with Crippen LogP contribution in [0.15, 0.2) is 59.5 Å². The van der Waals surface area contributed by atoms with Gasteiger partial charge in [0, 0.05) is 26.6 Å². The Morgan fingerprint density at radius 2 is 1.54 bits per heavy atom. The van der Waals surface area contributed by atoms with Gasteiger partial charge in [-0.15, -0.1) is 22.7 Å². The highest BCUT2D eigenvalue weighted by Crippen LogP contribution is 2.39. The smallest absolute Gasteiger partial charge is 0.267 e. The van der Waals surface area contributed by atoms with Crippen LogP contribution in [0.2, 0.25) is 0 Å². The predicted octanol–water partition coefficient (Wildman–Crippen LogP) is 3.59. The molecule has 9 heteroatoms. The molecule has 2 amide bonds. The lowest BCUT2D eigenvalue weighted by molar-refractivity contribution is 0.0849. The molecule has 0 radical (unpaired) electrons. The average Bonchev–Trinajstić information content (AvgIpc) is 3.23. The van der Waals surface area contributed by atoms with Crippen LogP contribution in [0.1, 0.15) is 20.0 Å². The van der Waals surface area contributed by atoms with Crippen molar-refractivity contribution in [2.75, 3.05) is 6.26 Å². The molecule has 2 N–H and O–H groups in total. The van der Waals surface area contributed by atoms with Crippen molar-refractivity contribution < 1.29 is 18.0 Å². The van der Waals surface area contributed by atoms with Crippen molar-refractivity contribution in [1.82, 2.24) is 10.9 Å². The molecule has 2 heterocycles. The Hall–Kier alpha value is -2.75. The molecular weight excluding hydrogens is 416 g/mol. The molecule has 4 rings (SSSR count). The van der Waals surface area contributed by atoms with E-state index in [0.717, 1.165) is 21.0 Å². The molecule has 0 atom stereocenters. The standard InChI is InChI=1S/C19H14N2O4S3/c1-28(24,25)12-8-6-11(7-9-12)18(22)20-21-19(23)16-10-15-17(27-16)13-4-2-3-5-14(13)26-15/h2-10H,1H3,(H,20,22)(H,21,23). The van der Waals surface area contributed by atoms with Gasteiger partial charge in [-0.25, -0.2) is 8.42 Å². The zero-order chi connectivity index (χ0) is 19.9. The maximum Gasteiger partial charge on any atom is 0.279 e. The molecule has 6 nitrogen and oxygen atoms in total. The third-order valence-electron chi connectivity index (χ3n) is 4.11. The highest BCUT2D eigenvalue weighted by molar-refractivity contribution is 7.90. The van der Waals surface area contributed by atoms with Crippen LogP contribution < -0.4 is 10.9 Å². The van der Waals surface area contributed by atoms with Gasteiger partial charge < -0.3 is 0 Å². The number of nitrogens with one attached hydrogen (secondary N) is 2. The Balaban J connectivity index is 1.46. The van der Waals surface area contributed by atoms with Crippen LogP contribution in [0.3, 0.4) is 0 Å². The Kier molecular flexibility index (Phi) is 4.66. The number of carbonyl (C=O) groups is 2. The number of benzene rings is 2. The third-order valence-corrected chi connectivity index (χ3v) is 7.65. The molecule has 0 aliphatic carbocycles. The zero-order valence-corrected chi connectivity index (χ0v) is 17.0. The van der Waals surface area contributed by atoms with Gasteiger partial charge in [0.05, 0.1) is 14.5 Å². The van der Waals surface area contributed by atoms with E-state index in [2.05, 4.69) is 10.9 Å². The second kappa shape index (κ2) is 7.01. The summed E-state index contributed by atoms with van der Waals surface area (Å²) in [5, 5.41) is 1.11. The second-order valence-corrected chi connectivity index (χ2v) is 10.3. The van der Waals surface area contributed by atoms with E-state index in [0.29, 0.717) is 4.88 Å². The summed E-state index contributed by atoms with van der Waals surface area (Å²) in [6.07, 6.45) is 1.09. The molecule has 0 fully saturated rings. The number of amides is 2. The van der Waals surface area contributed by atoms with Crippen molar-refractivity contribution in [3.63, 3.8) is 0 Å². The van der Waals surface area contributed by atoms with Crippen LogP contribution in [0, 0.1) is 0 Å². The summed E-state index contributed by atoms with van der Waals surface area (Å²) in [6, 6.07) is 15.3. The van der Waals surface area contributed by atoms with E-state index >= 15 is 0 Å². The monoisotopic (exact) mass is 430 g/mol. The zero-order valence-electron chi connectivity index (χ0n) is 14.6. The van der Waals surface area contributed by atoms with Crippen molar-refractivity contribution in [3.8, 4) is 0 Å². The van der Waals surface area contributed by atoms with Crippen molar-refractivity contribution >= 4 is 63.8 Å². The van der Waals surface area contributed by atoms with E-state index in [4.69, 9.17) is 0 Å². The van der Waals surface area contributed by atoms with Gasteiger partial charge >= 0.3 is 0 Å². The molecule has 0 saturated carbocycles. The number of thiophene rings is 2. The number of hydrogen-bond donors (Lipinski definition) is 2. The fourth-order valence-electron chi connectivity index (χ4n) is 2.71. The molecule has 0 aliphatic heterocycles. The molecule has 2 aromatic heterocycles. The van der Waals surface area contributed by atoms with Gasteiger partial charge in [-0.05, 0) is 36.4 Å². The first kappa shape index (κ1) is 18.6. The number of hydrazine groups is 1. The van der Waals surface area contributed by atoms with Gasteiger partial charge in [0.15, 0.2) is 9.84 Å². The summed E-state index contributed by atoms with van der Waals surface area (Å²) in [5.41, 5.74) is 4.99.